The number of guanidine groups is 1. The fourth-order valence-electron chi connectivity index (χ4n) is 3.53. The van der Waals surface area contributed by atoms with Crippen LogP contribution < -0.4 is 10.6 Å². The van der Waals surface area contributed by atoms with Crippen LogP contribution >= 0.6 is 24.0 Å². The summed E-state index contributed by atoms with van der Waals surface area (Å²) in [7, 11) is 0. The molecule has 2 saturated heterocycles. The zero-order chi connectivity index (χ0) is 17.9. The van der Waals surface area contributed by atoms with Crippen molar-refractivity contribution in [3.63, 3.8) is 0 Å². The average molecular weight is 479 g/mol. The van der Waals surface area contributed by atoms with E-state index in [0.717, 1.165) is 63.9 Å². The number of likely N-dealkylation sites (tertiary alicyclic amines) is 2. The molecule has 0 atom stereocenters. The number of carbonyl (C=O) groups is 1. The van der Waals surface area contributed by atoms with Crippen LogP contribution in [-0.4, -0.2) is 74.0 Å². The van der Waals surface area contributed by atoms with E-state index in [1.165, 1.54) is 25.9 Å². The van der Waals surface area contributed by atoms with Crippen molar-refractivity contribution < 1.29 is 4.79 Å². The van der Waals surface area contributed by atoms with E-state index in [-0.39, 0.29) is 29.9 Å². The van der Waals surface area contributed by atoms with Crippen molar-refractivity contribution in [3.05, 3.63) is 0 Å². The second-order valence-corrected chi connectivity index (χ2v) is 7.40. The lowest BCUT2D eigenvalue weighted by Crippen LogP contribution is -2.40. The molecular weight excluding hydrogens is 441 g/mol. The van der Waals surface area contributed by atoms with Gasteiger partial charge < -0.3 is 20.4 Å². The summed E-state index contributed by atoms with van der Waals surface area (Å²) in [5.41, 5.74) is 0. The van der Waals surface area contributed by atoms with Gasteiger partial charge in [0.05, 0.1) is 0 Å². The Bertz CT molecular complexity index is 418. The summed E-state index contributed by atoms with van der Waals surface area (Å²) in [6.07, 6.45) is 6.61. The van der Waals surface area contributed by atoms with Crippen LogP contribution in [0.4, 0.5) is 0 Å². The summed E-state index contributed by atoms with van der Waals surface area (Å²) in [4.78, 5) is 21.3. The molecule has 0 saturated carbocycles. The summed E-state index contributed by atoms with van der Waals surface area (Å²) in [5.74, 6) is 1.99. The molecule has 7 heteroatoms. The topological polar surface area (TPSA) is 60.0 Å². The van der Waals surface area contributed by atoms with Gasteiger partial charge >= 0.3 is 0 Å². The minimum atomic E-state index is 0. The number of carbonyl (C=O) groups excluding carboxylic acids is 1. The van der Waals surface area contributed by atoms with Gasteiger partial charge in [0.25, 0.3) is 0 Å². The Labute approximate surface area is 176 Å². The fraction of sp³-hybridized carbons (Fsp3) is 0.895. The van der Waals surface area contributed by atoms with E-state index in [9.17, 15) is 4.79 Å². The molecular formula is C19H38IN5O. The molecule has 0 radical (unpaired) electrons. The van der Waals surface area contributed by atoms with Crippen molar-refractivity contribution in [3.8, 4) is 0 Å². The second-order valence-electron chi connectivity index (χ2n) is 7.40. The number of hydrogen-bond donors (Lipinski definition) is 2. The van der Waals surface area contributed by atoms with Crippen molar-refractivity contribution in [1.29, 1.82) is 0 Å². The lowest BCUT2D eigenvalue weighted by atomic mass is 9.99. The Balaban J connectivity index is 0.00000338. The van der Waals surface area contributed by atoms with E-state index in [4.69, 9.17) is 0 Å². The molecule has 1 amide bonds. The van der Waals surface area contributed by atoms with Crippen molar-refractivity contribution in [2.24, 2.45) is 10.9 Å². The van der Waals surface area contributed by atoms with Gasteiger partial charge in [-0.1, -0.05) is 6.92 Å². The third-order valence-corrected chi connectivity index (χ3v) is 5.21. The molecule has 2 rings (SSSR count). The van der Waals surface area contributed by atoms with Crippen molar-refractivity contribution >= 4 is 35.8 Å². The molecule has 0 aliphatic carbocycles. The van der Waals surface area contributed by atoms with Gasteiger partial charge in [-0.05, 0) is 64.6 Å². The lowest BCUT2D eigenvalue weighted by Gasteiger charge is -2.29. The van der Waals surface area contributed by atoms with Crippen LogP contribution in [0, 0.1) is 5.92 Å². The molecule has 2 fully saturated rings. The van der Waals surface area contributed by atoms with Crippen molar-refractivity contribution in [1.82, 2.24) is 20.4 Å². The number of halogens is 1. The standard InChI is InChI=1S/C19H37N5O.HI/c1-3-20-19(22-11-7-18(25)24-13-4-5-14-24)21-10-6-12-23-15-8-17(2)9-16-23;/h17H,3-16H2,1-2H3,(H2,20,21,22);1H. The van der Waals surface area contributed by atoms with Gasteiger partial charge in [0.1, 0.15) is 0 Å². The van der Waals surface area contributed by atoms with E-state index < -0.39 is 0 Å². The fourth-order valence-corrected chi connectivity index (χ4v) is 3.53. The van der Waals surface area contributed by atoms with E-state index in [1.54, 1.807) is 0 Å². The predicted molar refractivity (Wildman–Crippen MR) is 119 cm³/mol. The Kier molecular flexibility index (Phi) is 12.3. The highest BCUT2D eigenvalue weighted by atomic mass is 127. The first-order chi connectivity index (χ1) is 12.2. The maximum Gasteiger partial charge on any atom is 0.224 e. The summed E-state index contributed by atoms with van der Waals surface area (Å²) < 4.78 is 0. The minimum absolute atomic E-state index is 0. The largest absolute Gasteiger partial charge is 0.357 e. The zero-order valence-electron chi connectivity index (χ0n) is 16.6. The quantitative estimate of drug-likeness (QED) is 0.243. The van der Waals surface area contributed by atoms with E-state index >= 15 is 0 Å². The van der Waals surface area contributed by atoms with Gasteiger partial charge in [0.15, 0.2) is 5.96 Å². The number of rotatable bonds is 8. The SMILES string of the molecule is CCNC(=NCCCN1CCC(C)CC1)NCCC(=O)N1CCCC1.I. The Hall–Kier alpha value is -0.570. The van der Waals surface area contributed by atoms with Crippen LogP contribution in [0.5, 0.6) is 0 Å². The molecule has 152 valence electrons. The van der Waals surface area contributed by atoms with Gasteiger partial charge in [-0.2, -0.15) is 0 Å². The highest BCUT2D eigenvalue weighted by Crippen LogP contribution is 2.15. The molecule has 2 aliphatic rings. The summed E-state index contributed by atoms with van der Waals surface area (Å²) in [6, 6.07) is 0. The number of aliphatic imine (C=N–C) groups is 1. The molecule has 0 bridgehead atoms. The molecule has 0 aromatic carbocycles. The van der Waals surface area contributed by atoms with E-state index in [2.05, 4.69) is 34.4 Å². The molecule has 2 N–H and O–H groups in total. The van der Waals surface area contributed by atoms with Gasteiger partial charge in [0.2, 0.25) is 5.91 Å². The third kappa shape index (κ3) is 8.88. The monoisotopic (exact) mass is 479 g/mol. The van der Waals surface area contributed by atoms with Crippen LogP contribution in [-0.2, 0) is 4.79 Å². The highest BCUT2D eigenvalue weighted by molar-refractivity contribution is 14.0. The smallest absolute Gasteiger partial charge is 0.224 e. The number of nitrogens with zero attached hydrogens (tertiary/aromatic N) is 3. The van der Waals surface area contributed by atoms with Crippen molar-refractivity contribution in [2.45, 2.75) is 52.4 Å². The number of piperidine rings is 1. The van der Waals surface area contributed by atoms with E-state index in [0.29, 0.717) is 13.0 Å². The summed E-state index contributed by atoms with van der Waals surface area (Å²) in [5, 5.41) is 6.57. The Morgan fingerprint density at radius 2 is 1.81 bits per heavy atom. The molecule has 2 heterocycles. The van der Waals surface area contributed by atoms with Crippen LogP contribution in [0.3, 0.4) is 0 Å². The molecule has 0 spiro atoms. The minimum Gasteiger partial charge on any atom is -0.357 e. The van der Waals surface area contributed by atoms with Crippen LogP contribution in [0.15, 0.2) is 4.99 Å². The van der Waals surface area contributed by atoms with Gasteiger partial charge in [-0.3, -0.25) is 9.79 Å². The molecule has 0 unspecified atom stereocenters. The zero-order valence-corrected chi connectivity index (χ0v) is 19.0. The van der Waals surface area contributed by atoms with Gasteiger partial charge in [-0.15, -0.1) is 24.0 Å². The highest BCUT2D eigenvalue weighted by Gasteiger charge is 2.17. The first-order valence-electron chi connectivity index (χ1n) is 10.2. The van der Waals surface area contributed by atoms with Gasteiger partial charge in [0, 0.05) is 39.1 Å². The van der Waals surface area contributed by atoms with Crippen LogP contribution in [0.1, 0.15) is 52.4 Å². The van der Waals surface area contributed by atoms with Crippen LogP contribution in [0.2, 0.25) is 0 Å². The number of nitrogens with one attached hydrogen (secondary N) is 2. The second kappa shape index (κ2) is 13.6. The molecule has 6 nitrogen and oxygen atoms in total. The van der Waals surface area contributed by atoms with Crippen LogP contribution in [0.25, 0.3) is 0 Å². The lowest BCUT2D eigenvalue weighted by molar-refractivity contribution is -0.129. The number of hydrogen-bond acceptors (Lipinski definition) is 3. The summed E-state index contributed by atoms with van der Waals surface area (Å²) in [6.45, 7) is 12.2. The molecule has 26 heavy (non-hydrogen) atoms. The number of amides is 1. The Morgan fingerprint density at radius 1 is 1.12 bits per heavy atom. The average Bonchev–Trinajstić information content (AvgIpc) is 3.15. The van der Waals surface area contributed by atoms with Crippen molar-refractivity contribution in [2.75, 3.05) is 52.4 Å². The van der Waals surface area contributed by atoms with E-state index in [1.807, 2.05) is 4.90 Å². The first kappa shape index (κ1) is 23.5. The maximum atomic E-state index is 12.1. The predicted octanol–water partition coefficient (Wildman–Crippen LogP) is 2.29. The molecule has 0 aromatic rings. The third-order valence-electron chi connectivity index (χ3n) is 5.21. The molecule has 2 aliphatic heterocycles. The normalized spacial score (nSPS) is 19.3. The Morgan fingerprint density at radius 3 is 2.46 bits per heavy atom. The van der Waals surface area contributed by atoms with Gasteiger partial charge in [-0.25, -0.2) is 0 Å². The summed E-state index contributed by atoms with van der Waals surface area (Å²) >= 11 is 0. The molecule has 0 aromatic heterocycles. The first-order valence-corrected chi connectivity index (χ1v) is 10.2. The maximum absolute atomic E-state index is 12.1.